The van der Waals surface area contributed by atoms with Crippen LogP contribution in [0, 0.1) is 0 Å². The number of allylic oxidation sites excluding steroid dienone is 24. The Labute approximate surface area is 644 Å². The van der Waals surface area contributed by atoms with Crippen molar-refractivity contribution in [1.29, 1.82) is 0 Å². The van der Waals surface area contributed by atoms with Crippen LogP contribution in [0.4, 0.5) is 0 Å². The van der Waals surface area contributed by atoms with Crippen molar-refractivity contribution in [2.24, 2.45) is 0 Å². The summed E-state index contributed by atoms with van der Waals surface area (Å²) < 4.78 is 34.5. The average Bonchev–Trinajstić information content (AvgIpc) is 0.782. The van der Waals surface area contributed by atoms with E-state index in [0.717, 1.165) is 122 Å². The molecule has 0 radical (unpaired) electrons. The number of carbonyl (C=O) groups excluding carboxylic acids is 1. The predicted molar refractivity (Wildman–Crippen MR) is 429 cm³/mol. The molecule has 1 amide bonds. The normalized spacial score (nSPS) is 26.3. The monoisotopic (exact) mass is 1510 g/mol. The molecule has 0 saturated carbocycles. The number of aliphatic hydroxyl groups excluding tert-OH is 11. The third-order valence-electron chi connectivity index (χ3n) is 19.7. The zero-order chi connectivity index (χ0) is 77.4. The van der Waals surface area contributed by atoms with Gasteiger partial charge < -0.3 is 89.9 Å². The summed E-state index contributed by atoms with van der Waals surface area (Å²) >= 11 is 0. The van der Waals surface area contributed by atoms with E-state index < -0.39 is 124 Å². The van der Waals surface area contributed by atoms with Gasteiger partial charge in [-0.15, -0.1) is 0 Å². The van der Waals surface area contributed by atoms with Crippen LogP contribution in [0.3, 0.4) is 0 Å². The van der Waals surface area contributed by atoms with Crippen LogP contribution < -0.4 is 5.32 Å². The maximum absolute atomic E-state index is 13.5. The molecule has 17 atom stereocenters. The van der Waals surface area contributed by atoms with Crippen molar-refractivity contribution in [3.05, 3.63) is 146 Å². The molecule has 0 aromatic heterocycles. The molecular formula is C88H147NO18. The van der Waals surface area contributed by atoms with Crippen LogP contribution >= 0.6 is 0 Å². The Morgan fingerprint density at radius 3 is 1.01 bits per heavy atom. The van der Waals surface area contributed by atoms with Gasteiger partial charge in [0.1, 0.15) is 73.2 Å². The molecular weight excluding hydrogens is 1360 g/mol. The van der Waals surface area contributed by atoms with Crippen molar-refractivity contribution in [1.82, 2.24) is 5.32 Å². The van der Waals surface area contributed by atoms with E-state index >= 15 is 0 Å². The lowest BCUT2D eigenvalue weighted by Gasteiger charge is -2.48. The molecule has 0 aromatic carbocycles. The van der Waals surface area contributed by atoms with E-state index in [4.69, 9.17) is 28.4 Å². The Morgan fingerprint density at radius 2 is 0.645 bits per heavy atom. The minimum absolute atomic E-state index is 0.228. The molecule has 19 heteroatoms. The van der Waals surface area contributed by atoms with Gasteiger partial charge in [-0.1, -0.05) is 307 Å². The van der Waals surface area contributed by atoms with Gasteiger partial charge in [-0.2, -0.15) is 0 Å². The lowest BCUT2D eigenvalue weighted by Crippen LogP contribution is -2.66. The molecule has 19 nitrogen and oxygen atoms in total. The Balaban J connectivity index is 1.36. The van der Waals surface area contributed by atoms with Crippen molar-refractivity contribution in [3.8, 4) is 0 Å². The number of unbranched alkanes of at least 4 members (excludes halogenated alkanes) is 24. The van der Waals surface area contributed by atoms with Crippen molar-refractivity contribution in [3.63, 3.8) is 0 Å². The van der Waals surface area contributed by atoms with E-state index in [0.29, 0.717) is 19.3 Å². The van der Waals surface area contributed by atoms with Gasteiger partial charge in [0, 0.05) is 6.42 Å². The minimum atomic E-state index is -1.98. The molecule has 3 heterocycles. The Hall–Kier alpha value is -4.33. The first-order valence-corrected chi connectivity index (χ1v) is 41.6. The number of hydrogen-bond acceptors (Lipinski definition) is 18. The lowest BCUT2D eigenvalue weighted by atomic mass is 9.96. The molecule has 612 valence electrons. The number of rotatable bonds is 64. The van der Waals surface area contributed by atoms with E-state index in [-0.39, 0.29) is 18.9 Å². The molecule has 0 spiro atoms. The van der Waals surface area contributed by atoms with Crippen LogP contribution in [0.25, 0.3) is 0 Å². The Bertz CT molecular complexity index is 2500. The average molecular weight is 1510 g/mol. The maximum Gasteiger partial charge on any atom is 0.220 e. The molecule has 3 aliphatic heterocycles. The van der Waals surface area contributed by atoms with Crippen LogP contribution in [-0.2, 0) is 33.2 Å². The fraction of sp³-hybridized carbons (Fsp3) is 0.716. The molecule has 3 aliphatic rings. The molecule has 0 aliphatic carbocycles. The van der Waals surface area contributed by atoms with Gasteiger partial charge >= 0.3 is 0 Å². The van der Waals surface area contributed by atoms with Gasteiger partial charge in [0.2, 0.25) is 5.91 Å². The van der Waals surface area contributed by atoms with E-state index in [1.165, 1.54) is 109 Å². The zero-order valence-corrected chi connectivity index (χ0v) is 65.6. The van der Waals surface area contributed by atoms with Crippen LogP contribution in [0.1, 0.15) is 271 Å². The van der Waals surface area contributed by atoms with E-state index in [2.05, 4.69) is 165 Å². The second-order valence-electron chi connectivity index (χ2n) is 28.9. The smallest absolute Gasteiger partial charge is 0.220 e. The van der Waals surface area contributed by atoms with Gasteiger partial charge in [-0.05, 0) is 103 Å². The first-order valence-electron chi connectivity index (χ1n) is 41.6. The highest BCUT2D eigenvalue weighted by Gasteiger charge is 2.54. The first-order chi connectivity index (χ1) is 52.3. The van der Waals surface area contributed by atoms with E-state index in [1.807, 2.05) is 0 Å². The number of carbonyl (C=O) groups is 1. The molecule has 3 fully saturated rings. The number of nitrogens with one attached hydrogen (secondary N) is 1. The van der Waals surface area contributed by atoms with Crippen LogP contribution in [0.2, 0.25) is 0 Å². The second-order valence-corrected chi connectivity index (χ2v) is 28.9. The van der Waals surface area contributed by atoms with Crippen molar-refractivity contribution >= 4 is 5.91 Å². The quantitative estimate of drug-likeness (QED) is 0.0199. The highest BCUT2D eigenvalue weighted by Crippen LogP contribution is 2.33. The summed E-state index contributed by atoms with van der Waals surface area (Å²) in [6.45, 7) is 1.68. The molecule has 17 unspecified atom stereocenters. The molecule has 12 N–H and O–H groups in total. The third-order valence-corrected chi connectivity index (χ3v) is 19.7. The van der Waals surface area contributed by atoms with Crippen LogP contribution in [0.5, 0.6) is 0 Å². The number of aliphatic hydroxyl groups is 11. The number of ether oxygens (including phenoxy) is 6. The van der Waals surface area contributed by atoms with E-state index in [1.54, 1.807) is 0 Å². The fourth-order valence-electron chi connectivity index (χ4n) is 13.1. The number of amides is 1. The lowest BCUT2D eigenvalue weighted by molar-refractivity contribution is -0.379. The van der Waals surface area contributed by atoms with Gasteiger partial charge in [-0.3, -0.25) is 4.79 Å². The van der Waals surface area contributed by atoms with Gasteiger partial charge in [-0.25, -0.2) is 0 Å². The zero-order valence-electron chi connectivity index (χ0n) is 65.6. The van der Waals surface area contributed by atoms with Crippen LogP contribution in [-0.4, -0.2) is 193 Å². The van der Waals surface area contributed by atoms with Crippen LogP contribution in [0.15, 0.2) is 146 Å². The van der Waals surface area contributed by atoms with Crippen molar-refractivity contribution in [2.45, 2.75) is 375 Å². The summed E-state index contributed by atoms with van der Waals surface area (Å²) in [7, 11) is 0. The standard InChI is InChI=1S/C88H147NO18/c1-3-5-7-9-11-13-15-17-19-21-23-25-26-27-28-29-30-31-32-33-34-35-36-37-38-39-40-41-42-43-44-46-48-50-52-54-56-58-60-62-64-66-76(94)89-71(72(93)65-63-61-59-57-55-53-51-49-47-45-24-22-20-18-16-14-12-10-8-6-4-2)70-102-86-82(100)79(97)84(74(68-91)104-86)107-88-83(101)80(98)85(75(69-92)105-88)106-87-81(99)78(96)77(95)73(67-90)103-87/h5,7,11,13,17,19,23,25,27-28,30-31,33-34,36-37,39-40,42-43,46,48,52,54,71-75,77-88,90-93,95-101H,3-4,6,8-10,12,14-16,18,20-22,24,26,29,32,35,38,41,44-45,47,49-51,53,55-70H2,1-2H3,(H,89,94)/b7-5-,13-11-,19-17-,25-23-,28-27-,31-30-,34-33-,37-36-,40-39-,43-42-,48-46-,54-52-. The van der Waals surface area contributed by atoms with Gasteiger partial charge in [0.15, 0.2) is 18.9 Å². The molecule has 0 bridgehead atoms. The molecule has 107 heavy (non-hydrogen) atoms. The summed E-state index contributed by atoms with van der Waals surface area (Å²) in [6, 6.07) is -0.913. The highest BCUT2D eigenvalue weighted by molar-refractivity contribution is 5.76. The van der Waals surface area contributed by atoms with Gasteiger partial charge in [0.05, 0.1) is 38.6 Å². The molecule has 0 aromatic rings. The fourth-order valence-corrected chi connectivity index (χ4v) is 13.1. The maximum atomic E-state index is 13.5. The van der Waals surface area contributed by atoms with E-state index in [9.17, 15) is 61.0 Å². The van der Waals surface area contributed by atoms with Gasteiger partial charge in [0.25, 0.3) is 0 Å². The second kappa shape index (κ2) is 66.3. The van der Waals surface area contributed by atoms with Crippen molar-refractivity contribution in [2.75, 3.05) is 26.4 Å². The minimum Gasteiger partial charge on any atom is -0.394 e. The third kappa shape index (κ3) is 45.7. The summed E-state index contributed by atoms with van der Waals surface area (Å²) in [5.74, 6) is -0.271. The summed E-state index contributed by atoms with van der Waals surface area (Å²) in [5, 5.41) is 121. The Morgan fingerprint density at radius 1 is 0.346 bits per heavy atom. The topological polar surface area (TPSA) is 307 Å². The molecule has 3 rings (SSSR count). The largest absolute Gasteiger partial charge is 0.394 e. The molecule has 3 saturated heterocycles. The number of hydrogen-bond donors (Lipinski definition) is 12. The summed E-state index contributed by atoms with van der Waals surface area (Å²) in [4.78, 5) is 13.5. The summed E-state index contributed by atoms with van der Waals surface area (Å²) in [6.07, 6.45) is 69.3. The first kappa shape index (κ1) is 96.9. The predicted octanol–water partition coefficient (Wildman–Crippen LogP) is 14.6. The SMILES string of the molecule is CC/C=C\C/C=C\C/C=C\C/C=C\C/C=C\C/C=C\C/C=C\C/C=C\C/C=C\C/C=C\C/C=C\C/C=C\CCCCCCC(=O)NC(COC1OC(CO)C(OC2OC(CO)C(OC3OC(CO)C(O)C(O)C3O)C(O)C2O)C(O)C1O)C(O)CCCCCCCCCCCCCCCCCCCCCCC. The highest BCUT2D eigenvalue weighted by atomic mass is 16.8. The summed E-state index contributed by atoms with van der Waals surface area (Å²) in [5.41, 5.74) is 0. The van der Waals surface area contributed by atoms with Crippen molar-refractivity contribution < 1.29 is 89.4 Å². The Kier molecular flexibility index (Phi) is 60.0.